The average Bonchev–Trinajstić information content (AvgIpc) is 2.48. The van der Waals surface area contributed by atoms with Crippen LogP contribution in [0.25, 0.3) is 0 Å². The first kappa shape index (κ1) is 14.3. The normalized spacial score (nSPS) is 10.7. The van der Waals surface area contributed by atoms with E-state index in [1.807, 2.05) is 0 Å². The molecular weight excluding hydrogens is 279 g/mol. The smallest absolute Gasteiger partial charge is 0.200 e. The molecule has 0 aliphatic rings. The van der Waals surface area contributed by atoms with Gasteiger partial charge < -0.3 is 5.43 Å². The second-order valence-corrected chi connectivity index (χ2v) is 3.89. The van der Waals surface area contributed by atoms with E-state index in [0.717, 1.165) is 0 Å². The molecule has 0 fully saturated rings. The lowest BCUT2D eigenvalue weighted by Gasteiger charge is -2.11. The van der Waals surface area contributed by atoms with Crippen molar-refractivity contribution in [2.45, 2.75) is 6.54 Å². The van der Waals surface area contributed by atoms with Gasteiger partial charge in [0.25, 0.3) is 0 Å². The van der Waals surface area contributed by atoms with Gasteiger partial charge in [0.05, 0.1) is 0 Å². The molecule has 0 aromatic heterocycles. The summed E-state index contributed by atoms with van der Waals surface area (Å²) in [5, 5.41) is 0. The SMILES string of the molecule is Fc1c(F)c(F)c(CNNc2ccccc2)c(F)c1F. The third kappa shape index (κ3) is 2.72. The first-order valence-electron chi connectivity index (χ1n) is 5.56. The summed E-state index contributed by atoms with van der Waals surface area (Å²) in [6, 6.07) is 8.50. The van der Waals surface area contributed by atoms with Gasteiger partial charge in [-0.1, -0.05) is 18.2 Å². The molecule has 0 radical (unpaired) electrons. The van der Waals surface area contributed by atoms with E-state index in [0.29, 0.717) is 5.69 Å². The maximum Gasteiger partial charge on any atom is 0.200 e. The predicted molar refractivity (Wildman–Crippen MR) is 63.1 cm³/mol. The molecule has 2 rings (SSSR count). The molecule has 7 heteroatoms. The van der Waals surface area contributed by atoms with Crippen molar-refractivity contribution < 1.29 is 22.0 Å². The molecule has 2 aromatic carbocycles. The third-order valence-electron chi connectivity index (χ3n) is 2.57. The zero-order valence-electron chi connectivity index (χ0n) is 9.98. The maximum atomic E-state index is 13.3. The molecule has 0 aliphatic heterocycles. The van der Waals surface area contributed by atoms with Gasteiger partial charge in [0.2, 0.25) is 5.82 Å². The summed E-state index contributed by atoms with van der Waals surface area (Å²) in [6.45, 7) is -0.569. The fourth-order valence-corrected chi connectivity index (χ4v) is 1.56. The molecule has 0 aliphatic carbocycles. The fourth-order valence-electron chi connectivity index (χ4n) is 1.56. The molecule has 0 amide bonds. The predicted octanol–water partition coefficient (Wildman–Crippen LogP) is 3.50. The molecule has 2 aromatic rings. The zero-order valence-corrected chi connectivity index (χ0v) is 9.98. The van der Waals surface area contributed by atoms with Gasteiger partial charge >= 0.3 is 0 Å². The molecule has 0 heterocycles. The Morgan fingerprint density at radius 2 is 1.20 bits per heavy atom. The number of anilines is 1. The van der Waals surface area contributed by atoms with Crippen molar-refractivity contribution in [2.75, 3.05) is 5.43 Å². The van der Waals surface area contributed by atoms with Crippen molar-refractivity contribution in [3.8, 4) is 0 Å². The average molecular weight is 288 g/mol. The molecule has 0 unspecified atom stereocenters. The van der Waals surface area contributed by atoms with Gasteiger partial charge in [-0.25, -0.2) is 27.4 Å². The Morgan fingerprint density at radius 1 is 0.700 bits per heavy atom. The molecule has 2 nitrogen and oxygen atoms in total. The van der Waals surface area contributed by atoms with Gasteiger partial charge in [0.1, 0.15) is 0 Å². The van der Waals surface area contributed by atoms with Crippen LogP contribution in [0.4, 0.5) is 27.6 Å². The summed E-state index contributed by atoms with van der Waals surface area (Å²) >= 11 is 0. The van der Waals surface area contributed by atoms with Gasteiger partial charge in [-0.2, -0.15) is 0 Å². The van der Waals surface area contributed by atoms with Crippen LogP contribution in [0.15, 0.2) is 30.3 Å². The standard InChI is InChI=1S/C13H9F5N2/c14-9-8(10(15)12(17)13(18)11(9)16)6-19-20-7-4-2-1-3-5-7/h1-5,19-20H,6H2. The first-order valence-corrected chi connectivity index (χ1v) is 5.56. The summed E-state index contributed by atoms with van der Waals surface area (Å²) in [4.78, 5) is 0. The number of hydrazine groups is 1. The topological polar surface area (TPSA) is 24.1 Å². The van der Waals surface area contributed by atoms with E-state index >= 15 is 0 Å². The summed E-state index contributed by atoms with van der Waals surface area (Å²) in [6.07, 6.45) is 0. The first-order chi connectivity index (χ1) is 9.52. The molecule has 0 spiro atoms. The van der Waals surface area contributed by atoms with Crippen LogP contribution in [0.2, 0.25) is 0 Å². The molecule has 0 atom stereocenters. The van der Waals surface area contributed by atoms with Gasteiger partial charge in [-0.05, 0) is 12.1 Å². The molecule has 0 saturated heterocycles. The van der Waals surface area contributed by atoms with Crippen molar-refractivity contribution in [3.05, 3.63) is 65.0 Å². The van der Waals surface area contributed by atoms with Gasteiger partial charge in [-0.3, -0.25) is 0 Å². The van der Waals surface area contributed by atoms with E-state index in [2.05, 4.69) is 10.9 Å². The minimum Gasteiger partial charge on any atom is -0.321 e. The summed E-state index contributed by atoms with van der Waals surface area (Å²) in [5.41, 5.74) is 4.62. The lowest BCUT2D eigenvalue weighted by molar-refractivity contribution is 0.368. The highest BCUT2D eigenvalue weighted by molar-refractivity contribution is 5.41. The second kappa shape index (κ2) is 5.87. The lowest BCUT2D eigenvalue weighted by atomic mass is 10.1. The summed E-state index contributed by atoms with van der Waals surface area (Å²) < 4.78 is 65.4. The Balaban J connectivity index is 2.14. The Kier molecular flexibility index (Phi) is 4.19. The van der Waals surface area contributed by atoms with Gasteiger partial charge in [-0.15, -0.1) is 0 Å². The van der Waals surface area contributed by atoms with Crippen LogP contribution < -0.4 is 10.9 Å². The van der Waals surface area contributed by atoms with Gasteiger partial charge in [0.15, 0.2) is 23.3 Å². The minimum atomic E-state index is -2.17. The maximum absolute atomic E-state index is 13.3. The quantitative estimate of drug-likeness (QED) is 0.389. The Labute approximate surface area is 111 Å². The van der Waals surface area contributed by atoms with Crippen LogP contribution in [-0.4, -0.2) is 0 Å². The van der Waals surface area contributed by atoms with Crippen LogP contribution in [0.1, 0.15) is 5.56 Å². The Bertz CT molecular complexity index is 587. The van der Waals surface area contributed by atoms with Crippen molar-refractivity contribution in [1.29, 1.82) is 0 Å². The monoisotopic (exact) mass is 288 g/mol. The van der Waals surface area contributed by atoms with Crippen LogP contribution in [-0.2, 0) is 6.54 Å². The van der Waals surface area contributed by atoms with Gasteiger partial charge in [0, 0.05) is 17.8 Å². The van der Waals surface area contributed by atoms with E-state index in [-0.39, 0.29) is 0 Å². The van der Waals surface area contributed by atoms with E-state index in [9.17, 15) is 22.0 Å². The van der Waals surface area contributed by atoms with Crippen molar-refractivity contribution >= 4 is 5.69 Å². The Morgan fingerprint density at radius 3 is 1.75 bits per heavy atom. The molecule has 106 valence electrons. The zero-order chi connectivity index (χ0) is 14.7. The van der Waals surface area contributed by atoms with Crippen molar-refractivity contribution in [3.63, 3.8) is 0 Å². The third-order valence-corrected chi connectivity index (χ3v) is 2.57. The van der Waals surface area contributed by atoms with Crippen LogP contribution >= 0.6 is 0 Å². The number of nitrogens with one attached hydrogen (secondary N) is 2. The van der Waals surface area contributed by atoms with Crippen LogP contribution in [0.5, 0.6) is 0 Å². The highest BCUT2D eigenvalue weighted by Crippen LogP contribution is 2.22. The number of rotatable bonds is 4. The number of hydrogen-bond acceptors (Lipinski definition) is 2. The number of halogens is 5. The highest BCUT2D eigenvalue weighted by atomic mass is 19.2. The Hall–Kier alpha value is -2.15. The molecular formula is C13H9F5N2. The number of benzene rings is 2. The van der Waals surface area contributed by atoms with E-state index in [4.69, 9.17) is 0 Å². The molecule has 0 saturated carbocycles. The molecule has 2 N–H and O–H groups in total. The summed E-state index contributed by atoms with van der Waals surface area (Å²) in [7, 11) is 0. The largest absolute Gasteiger partial charge is 0.321 e. The van der Waals surface area contributed by atoms with Crippen molar-refractivity contribution in [2.24, 2.45) is 0 Å². The second-order valence-electron chi connectivity index (χ2n) is 3.89. The van der Waals surface area contributed by atoms with E-state index in [1.54, 1.807) is 30.3 Å². The van der Waals surface area contributed by atoms with Crippen molar-refractivity contribution in [1.82, 2.24) is 5.43 Å². The van der Waals surface area contributed by atoms with Crippen LogP contribution in [0, 0.1) is 29.1 Å². The summed E-state index contributed by atoms with van der Waals surface area (Å²) in [5.74, 6) is -9.77. The highest BCUT2D eigenvalue weighted by Gasteiger charge is 2.25. The van der Waals surface area contributed by atoms with E-state index < -0.39 is 41.2 Å². The number of para-hydroxylation sites is 1. The van der Waals surface area contributed by atoms with Crippen LogP contribution in [0.3, 0.4) is 0 Å². The molecule has 20 heavy (non-hydrogen) atoms. The fraction of sp³-hybridized carbons (Fsp3) is 0.0769. The molecule has 0 bridgehead atoms. The minimum absolute atomic E-state index is 0.569. The lowest BCUT2D eigenvalue weighted by Crippen LogP contribution is -2.23. The van der Waals surface area contributed by atoms with E-state index in [1.165, 1.54) is 0 Å². The number of hydrogen-bond donors (Lipinski definition) is 2.